The first kappa shape index (κ1) is 17.9. The lowest BCUT2D eigenvalue weighted by molar-refractivity contribution is 0.501. The van der Waals surface area contributed by atoms with Crippen molar-refractivity contribution in [1.29, 1.82) is 0 Å². The highest BCUT2D eigenvalue weighted by atomic mass is 14.7. The fraction of sp³-hybridized carbons (Fsp3) is 0.261. The molecule has 1 nitrogen and oxygen atoms in total. The molecular formula is C23H27N. The molecule has 1 aromatic carbocycles. The number of hydrogen-bond donors (Lipinski definition) is 0. The highest BCUT2D eigenvalue weighted by Gasteiger charge is 2.18. The van der Waals surface area contributed by atoms with Crippen molar-refractivity contribution in [3.8, 4) is 0 Å². The molecule has 1 aliphatic carbocycles. The number of nitrogens with zero attached hydrogens (tertiary/aromatic N) is 1. The van der Waals surface area contributed by atoms with Gasteiger partial charge >= 0.3 is 0 Å². The third kappa shape index (κ3) is 3.73. The van der Waals surface area contributed by atoms with Gasteiger partial charge in [-0.15, -0.1) is 0 Å². The minimum atomic E-state index is -0.0291. The predicted molar refractivity (Wildman–Crippen MR) is 107 cm³/mol. The van der Waals surface area contributed by atoms with Crippen LogP contribution in [0.5, 0.6) is 0 Å². The highest BCUT2D eigenvalue weighted by Crippen LogP contribution is 2.36. The van der Waals surface area contributed by atoms with Gasteiger partial charge in [-0.25, -0.2) is 0 Å². The molecule has 0 spiro atoms. The number of aryl methyl sites for hydroxylation is 1. The van der Waals surface area contributed by atoms with Crippen molar-refractivity contribution >= 4 is 11.8 Å². The molecule has 1 heteroatoms. The number of hydrogen-bond acceptors (Lipinski definition) is 1. The smallest absolute Gasteiger partial charge is 0.0385 e. The van der Waals surface area contributed by atoms with Crippen molar-refractivity contribution in [2.24, 2.45) is 10.4 Å². The SMILES string of the molecule is C=C(C1=C(c2ccccc2C)C=C1)/C(C=NC(=C)C(C)(C)C)=C/C. The molecule has 0 amide bonds. The Morgan fingerprint density at radius 2 is 1.75 bits per heavy atom. The van der Waals surface area contributed by atoms with Gasteiger partial charge in [0.05, 0.1) is 0 Å². The molecule has 0 saturated carbocycles. The van der Waals surface area contributed by atoms with E-state index in [0.29, 0.717) is 0 Å². The van der Waals surface area contributed by atoms with Gasteiger partial charge in [0.15, 0.2) is 0 Å². The number of aliphatic imine (C=N–C) groups is 1. The number of allylic oxidation sites excluding steroid dienone is 8. The molecule has 0 bridgehead atoms. The van der Waals surface area contributed by atoms with E-state index < -0.39 is 0 Å². The van der Waals surface area contributed by atoms with Crippen LogP contribution in [-0.2, 0) is 0 Å². The van der Waals surface area contributed by atoms with Gasteiger partial charge in [-0.1, -0.05) is 76.4 Å². The summed E-state index contributed by atoms with van der Waals surface area (Å²) in [7, 11) is 0. The zero-order valence-corrected chi connectivity index (χ0v) is 15.5. The summed E-state index contributed by atoms with van der Waals surface area (Å²) in [6, 6.07) is 8.44. The average molecular weight is 317 g/mol. The lowest BCUT2D eigenvalue weighted by atomic mass is 9.83. The van der Waals surface area contributed by atoms with Gasteiger partial charge < -0.3 is 0 Å². The standard InChI is InChI=1S/C23H27N/c1-8-19(15-24-18(4)23(5,6)7)17(3)21-13-14-22(21)20-12-10-9-11-16(20)2/h8-15H,3-4H2,1-2,5-7H3/b19-8+,24-15?. The molecular weight excluding hydrogens is 290 g/mol. The molecule has 0 aromatic heterocycles. The van der Waals surface area contributed by atoms with Gasteiger partial charge in [0.25, 0.3) is 0 Å². The van der Waals surface area contributed by atoms with E-state index in [9.17, 15) is 0 Å². The second-order valence-corrected chi connectivity index (χ2v) is 7.15. The Kier molecular flexibility index (Phi) is 5.23. The van der Waals surface area contributed by atoms with E-state index in [1.54, 1.807) is 0 Å². The Morgan fingerprint density at radius 1 is 1.08 bits per heavy atom. The number of rotatable bonds is 5. The van der Waals surface area contributed by atoms with E-state index in [4.69, 9.17) is 0 Å². The monoisotopic (exact) mass is 317 g/mol. The maximum Gasteiger partial charge on any atom is 0.0385 e. The summed E-state index contributed by atoms with van der Waals surface area (Å²) >= 11 is 0. The summed E-state index contributed by atoms with van der Waals surface area (Å²) in [5, 5.41) is 0. The molecule has 2 rings (SSSR count). The summed E-state index contributed by atoms with van der Waals surface area (Å²) in [4.78, 5) is 4.55. The minimum absolute atomic E-state index is 0.0291. The molecule has 0 fully saturated rings. The lowest BCUT2D eigenvalue weighted by Gasteiger charge is -2.21. The van der Waals surface area contributed by atoms with Crippen molar-refractivity contribution in [2.45, 2.75) is 34.6 Å². The van der Waals surface area contributed by atoms with Gasteiger partial charge in [0.1, 0.15) is 0 Å². The van der Waals surface area contributed by atoms with E-state index in [-0.39, 0.29) is 5.41 Å². The van der Waals surface area contributed by atoms with Crippen molar-refractivity contribution in [2.75, 3.05) is 0 Å². The second-order valence-electron chi connectivity index (χ2n) is 7.15. The van der Waals surface area contributed by atoms with Crippen LogP contribution in [-0.4, -0.2) is 6.21 Å². The maximum atomic E-state index is 4.55. The number of benzene rings is 1. The zero-order valence-electron chi connectivity index (χ0n) is 15.5. The van der Waals surface area contributed by atoms with Crippen LogP contribution in [0, 0.1) is 12.3 Å². The molecule has 0 radical (unpaired) electrons. The Bertz CT molecular complexity index is 790. The lowest BCUT2D eigenvalue weighted by Crippen LogP contribution is -2.07. The topological polar surface area (TPSA) is 12.4 Å². The Hall–Kier alpha value is -2.41. The van der Waals surface area contributed by atoms with E-state index in [1.165, 1.54) is 22.3 Å². The molecule has 0 saturated heterocycles. The summed E-state index contributed by atoms with van der Waals surface area (Å²) in [5.41, 5.74) is 7.85. The van der Waals surface area contributed by atoms with E-state index in [2.05, 4.69) is 88.3 Å². The Labute approximate surface area is 146 Å². The average Bonchev–Trinajstić information content (AvgIpc) is 2.47. The van der Waals surface area contributed by atoms with Crippen molar-refractivity contribution in [3.05, 3.63) is 89.2 Å². The van der Waals surface area contributed by atoms with Gasteiger partial charge in [0, 0.05) is 17.3 Å². The van der Waals surface area contributed by atoms with Crippen LogP contribution >= 0.6 is 0 Å². The first-order chi connectivity index (χ1) is 11.3. The molecule has 0 aliphatic heterocycles. The van der Waals surface area contributed by atoms with E-state index >= 15 is 0 Å². The summed E-state index contributed by atoms with van der Waals surface area (Å²) in [6.45, 7) is 18.9. The van der Waals surface area contributed by atoms with Crippen LogP contribution in [0.15, 0.2) is 83.1 Å². The van der Waals surface area contributed by atoms with Crippen molar-refractivity contribution in [3.63, 3.8) is 0 Å². The molecule has 124 valence electrons. The fourth-order valence-electron chi connectivity index (χ4n) is 2.45. The van der Waals surface area contributed by atoms with Crippen molar-refractivity contribution in [1.82, 2.24) is 0 Å². The van der Waals surface area contributed by atoms with Gasteiger partial charge in [-0.05, 0) is 47.3 Å². The Morgan fingerprint density at radius 3 is 2.25 bits per heavy atom. The summed E-state index contributed by atoms with van der Waals surface area (Å²) in [6.07, 6.45) is 8.21. The predicted octanol–water partition coefficient (Wildman–Crippen LogP) is 6.45. The van der Waals surface area contributed by atoms with E-state index in [1.807, 2.05) is 13.1 Å². The largest absolute Gasteiger partial charge is 0.261 e. The molecule has 24 heavy (non-hydrogen) atoms. The zero-order chi connectivity index (χ0) is 17.9. The normalized spacial score (nSPS) is 15.0. The van der Waals surface area contributed by atoms with Crippen LogP contribution < -0.4 is 0 Å². The molecule has 0 heterocycles. The Balaban J connectivity index is 2.27. The van der Waals surface area contributed by atoms with Gasteiger partial charge in [-0.3, -0.25) is 4.99 Å². The quantitative estimate of drug-likeness (QED) is 0.437. The van der Waals surface area contributed by atoms with E-state index in [0.717, 1.165) is 16.8 Å². The highest BCUT2D eigenvalue weighted by molar-refractivity contribution is 5.96. The van der Waals surface area contributed by atoms with Crippen LogP contribution in [0.4, 0.5) is 0 Å². The molecule has 1 aliphatic rings. The van der Waals surface area contributed by atoms with Gasteiger partial charge in [0.2, 0.25) is 0 Å². The third-order valence-electron chi connectivity index (χ3n) is 4.35. The molecule has 0 N–H and O–H groups in total. The van der Waals surface area contributed by atoms with Crippen LogP contribution in [0.2, 0.25) is 0 Å². The first-order valence-corrected chi connectivity index (χ1v) is 8.33. The van der Waals surface area contributed by atoms with Crippen LogP contribution in [0.25, 0.3) is 5.57 Å². The summed E-state index contributed by atoms with van der Waals surface area (Å²) < 4.78 is 0. The fourth-order valence-corrected chi connectivity index (χ4v) is 2.45. The summed E-state index contributed by atoms with van der Waals surface area (Å²) in [5.74, 6) is 0. The second kappa shape index (κ2) is 7.00. The third-order valence-corrected chi connectivity index (χ3v) is 4.35. The minimum Gasteiger partial charge on any atom is -0.261 e. The maximum absolute atomic E-state index is 4.55. The molecule has 0 unspecified atom stereocenters. The molecule has 1 aromatic rings. The first-order valence-electron chi connectivity index (χ1n) is 8.33. The van der Waals surface area contributed by atoms with Gasteiger partial charge in [-0.2, -0.15) is 0 Å². The molecule has 0 atom stereocenters. The van der Waals surface area contributed by atoms with Crippen molar-refractivity contribution < 1.29 is 0 Å². The van der Waals surface area contributed by atoms with Crippen LogP contribution in [0.3, 0.4) is 0 Å². The van der Waals surface area contributed by atoms with Crippen LogP contribution in [0.1, 0.15) is 38.8 Å².